The van der Waals surface area contributed by atoms with Gasteiger partial charge in [0.1, 0.15) is 0 Å². The van der Waals surface area contributed by atoms with Crippen LogP contribution in [0.15, 0.2) is 48.7 Å². The predicted octanol–water partition coefficient (Wildman–Crippen LogP) is 4.88. The Morgan fingerprint density at radius 2 is 1.93 bits per heavy atom. The van der Waals surface area contributed by atoms with E-state index in [1.807, 2.05) is 30.0 Å². The predicted molar refractivity (Wildman–Crippen MR) is 115 cm³/mol. The van der Waals surface area contributed by atoms with Crippen molar-refractivity contribution in [3.63, 3.8) is 0 Å². The second kappa shape index (κ2) is 7.63. The molecule has 1 saturated heterocycles. The Labute approximate surface area is 166 Å². The van der Waals surface area contributed by atoms with Crippen LogP contribution in [0.5, 0.6) is 0 Å². The second-order valence-corrected chi connectivity index (χ2v) is 7.91. The summed E-state index contributed by atoms with van der Waals surface area (Å²) in [5.41, 5.74) is 6.48. The second-order valence-electron chi connectivity index (χ2n) is 7.91. The molecule has 1 fully saturated rings. The van der Waals surface area contributed by atoms with Gasteiger partial charge in [0, 0.05) is 36.4 Å². The van der Waals surface area contributed by atoms with Gasteiger partial charge in [0.25, 0.3) is 5.91 Å². The van der Waals surface area contributed by atoms with Crippen molar-refractivity contribution in [2.75, 3.05) is 18.4 Å². The Morgan fingerprint density at radius 3 is 2.75 bits per heavy atom. The molecule has 0 spiro atoms. The monoisotopic (exact) mass is 373 g/mol. The Kier molecular flexibility index (Phi) is 5.03. The van der Waals surface area contributed by atoms with Crippen molar-refractivity contribution in [1.82, 2.24) is 9.88 Å². The zero-order chi connectivity index (χ0) is 19.7. The summed E-state index contributed by atoms with van der Waals surface area (Å²) in [6.07, 6.45) is 3.82. The average molecular weight is 374 g/mol. The number of aryl methyl sites for hydroxylation is 3. The fourth-order valence-electron chi connectivity index (χ4n) is 3.96. The first-order chi connectivity index (χ1) is 13.5. The summed E-state index contributed by atoms with van der Waals surface area (Å²) < 4.78 is 0. The molecule has 1 amide bonds. The van der Waals surface area contributed by atoms with Gasteiger partial charge in [0.15, 0.2) is 0 Å². The van der Waals surface area contributed by atoms with Gasteiger partial charge in [0.05, 0.1) is 11.1 Å². The fourth-order valence-corrected chi connectivity index (χ4v) is 3.96. The van der Waals surface area contributed by atoms with Gasteiger partial charge in [-0.05, 0) is 75.1 Å². The van der Waals surface area contributed by atoms with E-state index in [1.54, 1.807) is 6.20 Å². The van der Waals surface area contributed by atoms with Crippen LogP contribution in [0.4, 0.5) is 5.69 Å². The summed E-state index contributed by atoms with van der Waals surface area (Å²) in [4.78, 5) is 19.7. The van der Waals surface area contributed by atoms with Crippen LogP contribution in [-0.4, -0.2) is 34.9 Å². The first kappa shape index (κ1) is 18.5. The van der Waals surface area contributed by atoms with E-state index < -0.39 is 0 Å². The number of aromatic nitrogens is 1. The maximum absolute atomic E-state index is 13.3. The number of anilines is 1. The summed E-state index contributed by atoms with van der Waals surface area (Å²) >= 11 is 0. The number of carbonyl (C=O) groups excluding carboxylic acids is 1. The molecule has 0 saturated carbocycles. The molecule has 3 aromatic rings. The molecule has 4 rings (SSSR count). The summed E-state index contributed by atoms with van der Waals surface area (Å²) in [6.45, 7) is 7.83. The van der Waals surface area contributed by atoms with Gasteiger partial charge in [-0.15, -0.1) is 0 Å². The van der Waals surface area contributed by atoms with Gasteiger partial charge >= 0.3 is 0 Å². The van der Waals surface area contributed by atoms with Crippen molar-refractivity contribution >= 4 is 22.5 Å². The lowest BCUT2D eigenvalue weighted by atomic mass is 10.0. The lowest BCUT2D eigenvalue weighted by molar-refractivity contribution is 0.0717. The fraction of sp³-hybridized carbons (Fsp3) is 0.333. The quantitative estimate of drug-likeness (QED) is 0.712. The summed E-state index contributed by atoms with van der Waals surface area (Å²) in [5.74, 6) is 0.101. The SMILES string of the molecule is Cc1ccc2nccc(C(=O)N3CCC[C@@H](Nc4ccc(C)c(C)c4)C3)c2c1. The van der Waals surface area contributed by atoms with Crippen LogP contribution < -0.4 is 5.32 Å². The standard InChI is InChI=1S/C24H27N3O/c1-16-6-9-23-22(13-16)21(10-11-25-23)24(28)27-12-4-5-20(15-27)26-19-8-7-17(2)18(3)14-19/h6-11,13-14,20,26H,4-5,12,15H2,1-3H3/t20-/m1/s1. The third-order valence-corrected chi connectivity index (χ3v) is 5.71. The lowest BCUT2D eigenvalue weighted by Gasteiger charge is -2.34. The number of nitrogens with zero attached hydrogens (tertiary/aromatic N) is 2. The number of benzene rings is 2. The number of hydrogen-bond donors (Lipinski definition) is 1. The number of carbonyl (C=O) groups is 1. The van der Waals surface area contributed by atoms with Crippen molar-refractivity contribution in [2.24, 2.45) is 0 Å². The molecular weight excluding hydrogens is 346 g/mol. The molecule has 1 aliphatic rings. The van der Waals surface area contributed by atoms with Gasteiger partial charge in [-0.3, -0.25) is 9.78 Å². The van der Waals surface area contributed by atoms with Crippen LogP contribution >= 0.6 is 0 Å². The zero-order valence-corrected chi connectivity index (χ0v) is 16.8. The van der Waals surface area contributed by atoms with E-state index in [-0.39, 0.29) is 11.9 Å². The molecule has 4 heteroatoms. The maximum atomic E-state index is 13.3. The minimum atomic E-state index is 0.101. The van der Waals surface area contributed by atoms with E-state index in [1.165, 1.54) is 11.1 Å². The van der Waals surface area contributed by atoms with E-state index in [4.69, 9.17) is 0 Å². The number of hydrogen-bond acceptors (Lipinski definition) is 3. The van der Waals surface area contributed by atoms with Crippen LogP contribution in [-0.2, 0) is 0 Å². The normalized spacial score (nSPS) is 17.0. The van der Waals surface area contributed by atoms with E-state index >= 15 is 0 Å². The van der Waals surface area contributed by atoms with Crippen molar-refractivity contribution in [2.45, 2.75) is 39.7 Å². The van der Waals surface area contributed by atoms with Crippen LogP contribution in [0.3, 0.4) is 0 Å². The Bertz CT molecular complexity index is 1030. The molecule has 2 aromatic carbocycles. The lowest BCUT2D eigenvalue weighted by Crippen LogP contribution is -2.45. The van der Waals surface area contributed by atoms with Crippen molar-refractivity contribution in [3.05, 3.63) is 70.9 Å². The van der Waals surface area contributed by atoms with Gasteiger partial charge in [-0.25, -0.2) is 0 Å². The van der Waals surface area contributed by atoms with Crippen LogP contribution in [0.25, 0.3) is 10.9 Å². The number of rotatable bonds is 3. The number of pyridine rings is 1. The van der Waals surface area contributed by atoms with Gasteiger partial charge in [-0.2, -0.15) is 0 Å². The van der Waals surface area contributed by atoms with E-state index in [9.17, 15) is 4.79 Å². The molecular formula is C24H27N3O. The highest BCUT2D eigenvalue weighted by Gasteiger charge is 2.25. The third-order valence-electron chi connectivity index (χ3n) is 5.71. The van der Waals surface area contributed by atoms with Crippen molar-refractivity contribution in [1.29, 1.82) is 0 Å². The zero-order valence-electron chi connectivity index (χ0n) is 16.8. The van der Waals surface area contributed by atoms with E-state index in [0.29, 0.717) is 0 Å². The first-order valence-corrected chi connectivity index (χ1v) is 10.00. The largest absolute Gasteiger partial charge is 0.381 e. The molecule has 28 heavy (non-hydrogen) atoms. The average Bonchev–Trinajstić information content (AvgIpc) is 2.70. The number of piperidine rings is 1. The Hall–Kier alpha value is -2.88. The summed E-state index contributed by atoms with van der Waals surface area (Å²) in [7, 11) is 0. The molecule has 1 atom stereocenters. The third kappa shape index (κ3) is 3.72. The molecule has 2 heterocycles. The van der Waals surface area contributed by atoms with Crippen molar-refractivity contribution < 1.29 is 4.79 Å². The minimum Gasteiger partial charge on any atom is -0.381 e. The topological polar surface area (TPSA) is 45.2 Å². The molecule has 144 valence electrons. The van der Waals surface area contributed by atoms with Crippen molar-refractivity contribution in [3.8, 4) is 0 Å². The maximum Gasteiger partial charge on any atom is 0.254 e. The van der Waals surface area contributed by atoms with Gasteiger partial charge < -0.3 is 10.2 Å². The molecule has 1 N–H and O–H groups in total. The molecule has 1 aliphatic heterocycles. The number of amides is 1. The van der Waals surface area contributed by atoms with Gasteiger partial charge in [-0.1, -0.05) is 17.7 Å². The highest BCUT2D eigenvalue weighted by molar-refractivity contribution is 6.06. The first-order valence-electron chi connectivity index (χ1n) is 10.00. The Balaban J connectivity index is 1.54. The van der Waals surface area contributed by atoms with Crippen LogP contribution in [0.1, 0.15) is 39.9 Å². The number of fused-ring (bicyclic) bond motifs is 1. The molecule has 0 bridgehead atoms. The molecule has 0 unspecified atom stereocenters. The minimum absolute atomic E-state index is 0.101. The number of nitrogens with one attached hydrogen (secondary N) is 1. The van der Waals surface area contributed by atoms with Crippen LogP contribution in [0.2, 0.25) is 0 Å². The summed E-state index contributed by atoms with van der Waals surface area (Å²) in [6, 6.07) is 14.7. The molecule has 0 radical (unpaired) electrons. The molecule has 4 nitrogen and oxygen atoms in total. The number of likely N-dealkylation sites (tertiary alicyclic amines) is 1. The van der Waals surface area contributed by atoms with Gasteiger partial charge in [0.2, 0.25) is 0 Å². The van der Waals surface area contributed by atoms with E-state index in [0.717, 1.165) is 53.6 Å². The molecule has 1 aromatic heterocycles. The smallest absolute Gasteiger partial charge is 0.254 e. The van der Waals surface area contributed by atoms with Crippen LogP contribution in [0, 0.1) is 20.8 Å². The summed E-state index contributed by atoms with van der Waals surface area (Å²) in [5, 5.41) is 4.57. The highest BCUT2D eigenvalue weighted by Crippen LogP contribution is 2.23. The highest BCUT2D eigenvalue weighted by atomic mass is 16.2. The van der Waals surface area contributed by atoms with E-state index in [2.05, 4.69) is 48.4 Å². The Morgan fingerprint density at radius 1 is 1.07 bits per heavy atom. The molecule has 0 aliphatic carbocycles.